The van der Waals surface area contributed by atoms with Crippen molar-refractivity contribution in [1.82, 2.24) is 0 Å². The molecule has 2 unspecified atom stereocenters. The van der Waals surface area contributed by atoms with E-state index in [4.69, 9.17) is 4.74 Å². The average molecular weight is 208 g/mol. The second-order valence-corrected chi connectivity index (χ2v) is 4.29. The second kappa shape index (κ2) is 4.11. The lowest BCUT2D eigenvalue weighted by Crippen LogP contribution is -2.03. The number of ether oxygens (including phenoxy) is 1. The molecule has 1 heterocycles. The predicted octanol–water partition coefficient (Wildman–Crippen LogP) is 2.07. The van der Waals surface area contributed by atoms with Gasteiger partial charge in [0, 0.05) is 0 Å². The molecule has 0 bridgehead atoms. The summed E-state index contributed by atoms with van der Waals surface area (Å²) >= 11 is 0. The van der Waals surface area contributed by atoms with Crippen molar-refractivity contribution < 1.29 is 14.9 Å². The maximum absolute atomic E-state index is 9.61. The van der Waals surface area contributed by atoms with Crippen molar-refractivity contribution >= 4 is 0 Å². The maximum atomic E-state index is 9.61. The minimum absolute atomic E-state index is 0.0149. The highest BCUT2D eigenvalue weighted by atomic mass is 16.6. The van der Waals surface area contributed by atoms with Gasteiger partial charge in [0.25, 0.3) is 0 Å². The molecule has 0 saturated carbocycles. The lowest BCUT2D eigenvalue weighted by Gasteiger charge is -2.11. The molecule has 1 aromatic carbocycles. The first-order valence-electron chi connectivity index (χ1n) is 5.28. The summed E-state index contributed by atoms with van der Waals surface area (Å²) in [6.07, 6.45) is 2.22. The number of epoxide rings is 1. The minimum atomic E-state index is -0.0395. The highest BCUT2D eigenvalue weighted by Crippen LogP contribution is 2.31. The summed E-state index contributed by atoms with van der Waals surface area (Å²) in [5, 5.41) is 18.9. The normalized spacial score (nSPS) is 21.3. The van der Waals surface area contributed by atoms with Crippen LogP contribution in [0.4, 0.5) is 0 Å². The van der Waals surface area contributed by atoms with E-state index in [1.807, 2.05) is 6.07 Å². The van der Waals surface area contributed by atoms with Crippen LogP contribution in [-0.2, 0) is 11.2 Å². The van der Waals surface area contributed by atoms with Crippen LogP contribution in [0.5, 0.6) is 11.5 Å². The van der Waals surface area contributed by atoms with E-state index >= 15 is 0 Å². The van der Waals surface area contributed by atoms with Gasteiger partial charge < -0.3 is 14.9 Å². The van der Waals surface area contributed by atoms with Crippen molar-refractivity contribution in [1.29, 1.82) is 0 Å². The monoisotopic (exact) mass is 208 g/mol. The van der Waals surface area contributed by atoms with Gasteiger partial charge in [0.2, 0.25) is 0 Å². The molecular formula is C12H16O3. The van der Waals surface area contributed by atoms with Gasteiger partial charge in [0.05, 0.1) is 12.7 Å². The zero-order chi connectivity index (χ0) is 10.8. The van der Waals surface area contributed by atoms with Gasteiger partial charge in [-0.1, -0.05) is 19.1 Å². The minimum Gasteiger partial charge on any atom is -0.504 e. The summed E-state index contributed by atoms with van der Waals surface area (Å²) in [5.74, 6) is 0.439. The van der Waals surface area contributed by atoms with Crippen molar-refractivity contribution in [2.75, 3.05) is 6.61 Å². The Labute approximate surface area is 89.3 Å². The molecule has 82 valence electrons. The molecule has 0 amide bonds. The van der Waals surface area contributed by atoms with Crippen LogP contribution in [0.1, 0.15) is 18.9 Å². The van der Waals surface area contributed by atoms with Crippen LogP contribution in [0, 0.1) is 5.92 Å². The molecular weight excluding hydrogens is 192 g/mol. The van der Waals surface area contributed by atoms with Gasteiger partial charge in [-0.15, -0.1) is 0 Å². The van der Waals surface area contributed by atoms with Gasteiger partial charge in [0.1, 0.15) is 0 Å². The standard InChI is InChI=1S/C12H16O3/c1-8(6-10-7-15-10)5-9-3-2-4-11(13)12(9)14/h2-4,8,10,13-14H,5-7H2,1H3. The number of phenols is 2. The van der Waals surface area contributed by atoms with E-state index in [2.05, 4.69) is 6.92 Å². The third kappa shape index (κ3) is 2.63. The summed E-state index contributed by atoms with van der Waals surface area (Å²) in [7, 11) is 0. The molecule has 1 aromatic rings. The zero-order valence-electron chi connectivity index (χ0n) is 8.81. The summed E-state index contributed by atoms with van der Waals surface area (Å²) < 4.78 is 5.16. The molecule has 1 saturated heterocycles. The Kier molecular flexibility index (Phi) is 2.82. The number of rotatable bonds is 4. The molecule has 2 N–H and O–H groups in total. The number of para-hydroxylation sites is 1. The van der Waals surface area contributed by atoms with Crippen LogP contribution in [-0.4, -0.2) is 22.9 Å². The fourth-order valence-electron chi connectivity index (χ4n) is 1.85. The van der Waals surface area contributed by atoms with Crippen molar-refractivity contribution in [2.24, 2.45) is 5.92 Å². The molecule has 0 spiro atoms. The van der Waals surface area contributed by atoms with Crippen LogP contribution in [0.25, 0.3) is 0 Å². The van der Waals surface area contributed by atoms with Crippen LogP contribution in [0.2, 0.25) is 0 Å². The molecule has 0 aliphatic carbocycles. The van der Waals surface area contributed by atoms with Crippen molar-refractivity contribution in [2.45, 2.75) is 25.9 Å². The fourth-order valence-corrected chi connectivity index (χ4v) is 1.85. The van der Waals surface area contributed by atoms with Crippen LogP contribution >= 0.6 is 0 Å². The van der Waals surface area contributed by atoms with Gasteiger partial charge in [0.15, 0.2) is 11.5 Å². The van der Waals surface area contributed by atoms with Crippen molar-refractivity contribution in [3.63, 3.8) is 0 Å². The van der Waals surface area contributed by atoms with E-state index in [1.54, 1.807) is 6.07 Å². The van der Waals surface area contributed by atoms with Crippen molar-refractivity contribution in [3.8, 4) is 11.5 Å². The van der Waals surface area contributed by atoms with Gasteiger partial charge >= 0.3 is 0 Å². The molecule has 3 heteroatoms. The Morgan fingerprint density at radius 2 is 2.20 bits per heavy atom. The predicted molar refractivity (Wildman–Crippen MR) is 57.0 cm³/mol. The molecule has 15 heavy (non-hydrogen) atoms. The molecule has 0 aromatic heterocycles. The van der Waals surface area contributed by atoms with Gasteiger partial charge in [-0.05, 0) is 30.4 Å². The van der Waals surface area contributed by atoms with Crippen LogP contribution in [0.3, 0.4) is 0 Å². The quantitative estimate of drug-likeness (QED) is 0.588. The largest absolute Gasteiger partial charge is 0.504 e. The molecule has 1 aliphatic heterocycles. The van der Waals surface area contributed by atoms with Gasteiger partial charge in [-0.2, -0.15) is 0 Å². The Bertz CT molecular complexity index is 345. The first-order valence-corrected chi connectivity index (χ1v) is 5.28. The summed E-state index contributed by atoms with van der Waals surface area (Å²) in [6, 6.07) is 5.09. The Morgan fingerprint density at radius 1 is 1.47 bits per heavy atom. The maximum Gasteiger partial charge on any atom is 0.160 e. The van der Waals surface area contributed by atoms with Gasteiger partial charge in [-0.3, -0.25) is 0 Å². The molecule has 0 radical (unpaired) electrons. The average Bonchev–Trinajstić information content (AvgIpc) is 2.97. The van der Waals surface area contributed by atoms with Gasteiger partial charge in [-0.25, -0.2) is 0 Å². The lowest BCUT2D eigenvalue weighted by molar-refractivity contribution is 0.356. The Hall–Kier alpha value is -1.22. The van der Waals surface area contributed by atoms with Crippen LogP contribution < -0.4 is 0 Å². The molecule has 1 aliphatic rings. The number of aromatic hydroxyl groups is 2. The molecule has 2 atom stereocenters. The lowest BCUT2D eigenvalue weighted by atomic mass is 9.96. The number of hydrogen-bond donors (Lipinski definition) is 2. The zero-order valence-corrected chi connectivity index (χ0v) is 8.81. The van der Waals surface area contributed by atoms with E-state index in [0.29, 0.717) is 12.0 Å². The van der Waals surface area contributed by atoms with Crippen LogP contribution in [0.15, 0.2) is 18.2 Å². The highest BCUT2D eigenvalue weighted by molar-refractivity contribution is 5.44. The summed E-state index contributed by atoms with van der Waals surface area (Å²) in [6.45, 7) is 3.00. The summed E-state index contributed by atoms with van der Waals surface area (Å²) in [5.41, 5.74) is 0.808. The second-order valence-electron chi connectivity index (χ2n) is 4.29. The third-order valence-electron chi connectivity index (χ3n) is 2.73. The number of hydrogen-bond acceptors (Lipinski definition) is 3. The van der Waals surface area contributed by atoms with E-state index in [0.717, 1.165) is 25.0 Å². The number of benzene rings is 1. The summed E-state index contributed by atoms with van der Waals surface area (Å²) in [4.78, 5) is 0. The van der Waals surface area contributed by atoms with E-state index in [-0.39, 0.29) is 11.5 Å². The highest BCUT2D eigenvalue weighted by Gasteiger charge is 2.25. The smallest absolute Gasteiger partial charge is 0.160 e. The Balaban J connectivity index is 1.99. The SMILES string of the molecule is CC(Cc1cccc(O)c1O)CC1CO1. The molecule has 2 rings (SSSR count). The van der Waals surface area contributed by atoms with Crippen molar-refractivity contribution in [3.05, 3.63) is 23.8 Å². The fraction of sp³-hybridized carbons (Fsp3) is 0.500. The Morgan fingerprint density at radius 3 is 2.87 bits per heavy atom. The first kappa shape index (κ1) is 10.3. The van der Waals surface area contributed by atoms with E-state index < -0.39 is 0 Å². The van der Waals surface area contributed by atoms with E-state index in [9.17, 15) is 10.2 Å². The topological polar surface area (TPSA) is 53.0 Å². The first-order chi connectivity index (χ1) is 7.16. The molecule has 1 fully saturated rings. The van der Waals surface area contributed by atoms with E-state index in [1.165, 1.54) is 6.07 Å². The molecule has 3 nitrogen and oxygen atoms in total. The third-order valence-corrected chi connectivity index (χ3v) is 2.73. The number of phenolic OH excluding ortho intramolecular Hbond substituents is 2.